The Morgan fingerprint density at radius 2 is 1.92 bits per heavy atom. The van der Waals surface area contributed by atoms with Crippen LogP contribution in [0.25, 0.3) is 0 Å². The fourth-order valence-corrected chi connectivity index (χ4v) is 2.53. The van der Waals surface area contributed by atoms with Gasteiger partial charge >= 0.3 is 0 Å². The summed E-state index contributed by atoms with van der Waals surface area (Å²) in [6, 6.07) is 0. The lowest BCUT2D eigenvalue weighted by Gasteiger charge is -2.07. The molecule has 2 atom stereocenters. The molecule has 0 amide bonds. The maximum absolute atomic E-state index is 5.82. The van der Waals surface area contributed by atoms with Gasteiger partial charge in [0.15, 0.2) is 0 Å². The third-order valence-corrected chi connectivity index (χ3v) is 2.97. The van der Waals surface area contributed by atoms with Gasteiger partial charge in [-0.25, -0.2) is 9.97 Å². The predicted molar refractivity (Wildman–Crippen MR) is 53.2 cm³/mol. The Morgan fingerprint density at radius 3 is 2.62 bits per heavy atom. The monoisotopic (exact) mass is 196 g/mol. The highest BCUT2D eigenvalue weighted by Crippen LogP contribution is 2.41. The van der Waals surface area contributed by atoms with E-state index in [1.54, 1.807) is 0 Å². The predicted octanol–water partition coefficient (Wildman–Crippen LogP) is 3.05. The second kappa shape index (κ2) is 2.95. The standard InChI is InChI=1S/C10H13ClN2/c1-5-4-6(2)9-8(5)7(3)12-10(11)13-9/h5-6H,4H2,1-3H3. The molecule has 2 rings (SSSR count). The van der Waals surface area contributed by atoms with Gasteiger partial charge in [0.25, 0.3) is 0 Å². The fraction of sp³-hybridized carbons (Fsp3) is 0.600. The van der Waals surface area contributed by atoms with Crippen molar-refractivity contribution in [2.24, 2.45) is 0 Å². The van der Waals surface area contributed by atoms with E-state index in [9.17, 15) is 0 Å². The zero-order chi connectivity index (χ0) is 9.59. The van der Waals surface area contributed by atoms with Crippen molar-refractivity contribution >= 4 is 11.6 Å². The van der Waals surface area contributed by atoms with E-state index in [0.29, 0.717) is 17.1 Å². The van der Waals surface area contributed by atoms with Gasteiger partial charge in [-0.1, -0.05) is 13.8 Å². The van der Waals surface area contributed by atoms with Gasteiger partial charge in [-0.15, -0.1) is 0 Å². The van der Waals surface area contributed by atoms with E-state index in [1.165, 1.54) is 12.0 Å². The van der Waals surface area contributed by atoms with E-state index in [1.807, 2.05) is 6.92 Å². The maximum atomic E-state index is 5.82. The number of hydrogen-bond acceptors (Lipinski definition) is 2. The van der Waals surface area contributed by atoms with Gasteiger partial charge in [0, 0.05) is 5.69 Å². The molecule has 0 aliphatic heterocycles. The minimum Gasteiger partial charge on any atom is -0.223 e. The van der Waals surface area contributed by atoms with Crippen molar-refractivity contribution in [3.8, 4) is 0 Å². The number of aromatic nitrogens is 2. The summed E-state index contributed by atoms with van der Waals surface area (Å²) >= 11 is 5.82. The lowest BCUT2D eigenvalue weighted by atomic mass is 10.0. The number of aryl methyl sites for hydroxylation is 1. The third-order valence-electron chi connectivity index (χ3n) is 2.81. The largest absolute Gasteiger partial charge is 0.223 e. The molecule has 1 aromatic heterocycles. The van der Waals surface area contributed by atoms with Gasteiger partial charge in [-0.05, 0) is 42.3 Å². The summed E-state index contributed by atoms with van der Waals surface area (Å²) in [5.74, 6) is 1.12. The summed E-state index contributed by atoms with van der Waals surface area (Å²) in [4.78, 5) is 8.48. The number of nitrogens with zero attached hydrogens (tertiary/aromatic N) is 2. The van der Waals surface area contributed by atoms with Gasteiger partial charge < -0.3 is 0 Å². The van der Waals surface area contributed by atoms with E-state index in [2.05, 4.69) is 23.8 Å². The third kappa shape index (κ3) is 1.33. The molecule has 1 aliphatic carbocycles. The van der Waals surface area contributed by atoms with Crippen LogP contribution in [0, 0.1) is 6.92 Å². The Balaban J connectivity index is 2.63. The molecule has 1 aromatic rings. The average molecular weight is 197 g/mol. The van der Waals surface area contributed by atoms with Gasteiger partial charge in [-0.2, -0.15) is 0 Å². The second-order valence-electron chi connectivity index (χ2n) is 3.91. The van der Waals surface area contributed by atoms with Crippen LogP contribution < -0.4 is 0 Å². The van der Waals surface area contributed by atoms with Crippen molar-refractivity contribution in [2.75, 3.05) is 0 Å². The molecule has 0 saturated carbocycles. The fourth-order valence-electron chi connectivity index (χ4n) is 2.31. The Hall–Kier alpha value is -0.630. The first-order valence-corrected chi connectivity index (χ1v) is 5.01. The normalized spacial score (nSPS) is 26.2. The zero-order valence-electron chi connectivity index (χ0n) is 8.13. The lowest BCUT2D eigenvalue weighted by Crippen LogP contribution is -1.99. The summed E-state index contributed by atoms with van der Waals surface area (Å²) < 4.78 is 0. The van der Waals surface area contributed by atoms with Gasteiger partial charge in [0.1, 0.15) is 0 Å². The smallest absolute Gasteiger partial charge is 0.222 e. The second-order valence-corrected chi connectivity index (χ2v) is 4.25. The van der Waals surface area contributed by atoms with Crippen LogP contribution in [0.2, 0.25) is 5.28 Å². The van der Waals surface area contributed by atoms with E-state index in [0.717, 1.165) is 11.4 Å². The van der Waals surface area contributed by atoms with Crippen LogP contribution in [0.15, 0.2) is 0 Å². The number of halogens is 1. The molecule has 3 heteroatoms. The minimum atomic E-state index is 0.386. The van der Waals surface area contributed by atoms with Crippen LogP contribution in [-0.4, -0.2) is 9.97 Å². The molecule has 0 aromatic carbocycles. The molecule has 1 aliphatic rings. The van der Waals surface area contributed by atoms with Gasteiger partial charge in [0.2, 0.25) is 5.28 Å². The van der Waals surface area contributed by atoms with Crippen molar-refractivity contribution < 1.29 is 0 Å². The Kier molecular flexibility index (Phi) is 2.03. The van der Waals surface area contributed by atoms with Crippen molar-refractivity contribution in [1.29, 1.82) is 0 Å². The van der Waals surface area contributed by atoms with Crippen molar-refractivity contribution in [3.63, 3.8) is 0 Å². The first-order valence-electron chi connectivity index (χ1n) is 4.63. The summed E-state index contributed by atoms with van der Waals surface area (Å²) in [6.45, 7) is 6.44. The lowest BCUT2D eigenvalue weighted by molar-refractivity contribution is 0.654. The summed E-state index contributed by atoms with van der Waals surface area (Å²) in [6.07, 6.45) is 1.17. The molecule has 13 heavy (non-hydrogen) atoms. The molecular weight excluding hydrogens is 184 g/mol. The van der Waals surface area contributed by atoms with Crippen molar-refractivity contribution in [3.05, 3.63) is 22.2 Å². The number of hydrogen-bond donors (Lipinski definition) is 0. The van der Waals surface area contributed by atoms with Crippen LogP contribution in [-0.2, 0) is 0 Å². The molecular formula is C10H13ClN2. The Bertz CT molecular complexity index is 349. The molecule has 2 unspecified atom stereocenters. The zero-order valence-corrected chi connectivity index (χ0v) is 8.89. The number of fused-ring (bicyclic) bond motifs is 1. The molecule has 2 nitrogen and oxygen atoms in total. The van der Waals surface area contributed by atoms with Crippen molar-refractivity contribution in [1.82, 2.24) is 9.97 Å². The van der Waals surface area contributed by atoms with Crippen LogP contribution >= 0.6 is 11.6 Å². The SMILES string of the molecule is Cc1nc(Cl)nc2c1C(C)CC2C. The molecule has 0 spiro atoms. The highest BCUT2D eigenvalue weighted by Gasteiger charge is 2.29. The molecule has 70 valence electrons. The first kappa shape index (κ1) is 8.95. The average Bonchev–Trinajstić information content (AvgIpc) is 2.27. The quantitative estimate of drug-likeness (QED) is 0.596. The number of rotatable bonds is 0. The highest BCUT2D eigenvalue weighted by molar-refractivity contribution is 6.28. The van der Waals surface area contributed by atoms with Gasteiger partial charge in [-0.3, -0.25) is 0 Å². The van der Waals surface area contributed by atoms with Crippen molar-refractivity contribution in [2.45, 2.75) is 39.0 Å². The molecule has 0 bridgehead atoms. The summed E-state index contributed by atoms with van der Waals surface area (Å²) in [7, 11) is 0. The van der Waals surface area contributed by atoms with E-state index >= 15 is 0 Å². The maximum Gasteiger partial charge on any atom is 0.222 e. The summed E-state index contributed by atoms with van der Waals surface area (Å²) in [5, 5.41) is 0.386. The topological polar surface area (TPSA) is 25.8 Å². The Labute approximate surface area is 83.4 Å². The van der Waals surface area contributed by atoms with Gasteiger partial charge in [0.05, 0.1) is 5.69 Å². The molecule has 0 saturated heterocycles. The molecule has 0 radical (unpaired) electrons. The van der Waals surface area contributed by atoms with Crippen LogP contribution in [0.1, 0.15) is 49.1 Å². The minimum absolute atomic E-state index is 0.386. The first-order chi connectivity index (χ1) is 6.09. The van der Waals surface area contributed by atoms with Crippen LogP contribution in [0.5, 0.6) is 0 Å². The van der Waals surface area contributed by atoms with E-state index < -0.39 is 0 Å². The summed E-state index contributed by atoms with van der Waals surface area (Å²) in [5.41, 5.74) is 3.52. The molecule has 1 heterocycles. The Morgan fingerprint density at radius 1 is 1.23 bits per heavy atom. The molecule has 0 fully saturated rings. The molecule has 0 N–H and O–H groups in total. The van der Waals surface area contributed by atoms with Crippen LogP contribution in [0.4, 0.5) is 0 Å². The highest BCUT2D eigenvalue weighted by atomic mass is 35.5. The van der Waals surface area contributed by atoms with E-state index in [-0.39, 0.29) is 0 Å². The van der Waals surface area contributed by atoms with E-state index in [4.69, 9.17) is 11.6 Å². The van der Waals surface area contributed by atoms with Crippen LogP contribution in [0.3, 0.4) is 0 Å².